The van der Waals surface area contributed by atoms with E-state index >= 15 is 0 Å². The molecule has 0 saturated heterocycles. The molecule has 0 aliphatic heterocycles. The third-order valence-corrected chi connectivity index (χ3v) is 7.99. The average molecular weight is 603 g/mol. The van der Waals surface area contributed by atoms with Gasteiger partial charge in [0.1, 0.15) is 0 Å². The van der Waals surface area contributed by atoms with Crippen LogP contribution in [0.5, 0.6) is 0 Å². The number of unbranched alkanes of at least 4 members (excludes halogenated alkanes) is 1. The lowest BCUT2D eigenvalue weighted by Crippen LogP contribution is -2.10. The number of ether oxygens (including phenoxy) is 1. The summed E-state index contributed by atoms with van der Waals surface area (Å²) in [6.45, 7) is 1.93. The van der Waals surface area contributed by atoms with Crippen LogP contribution in [0, 0.1) is 0 Å². The number of nitrogens with zero attached hydrogens (tertiary/aromatic N) is 2. The molecule has 0 heterocycles. The minimum atomic E-state index is -0.217. The van der Waals surface area contributed by atoms with E-state index in [2.05, 4.69) is 155 Å². The van der Waals surface area contributed by atoms with Crippen molar-refractivity contribution in [3.8, 4) is 11.1 Å². The molecule has 6 rings (SSSR count). The van der Waals surface area contributed by atoms with E-state index in [1.54, 1.807) is 0 Å². The second kappa shape index (κ2) is 14.9. The summed E-state index contributed by atoms with van der Waals surface area (Å²) >= 11 is 0. The molecule has 0 bridgehead atoms. The van der Waals surface area contributed by atoms with E-state index in [-0.39, 0.29) is 5.97 Å². The Balaban J connectivity index is 1.21. The summed E-state index contributed by atoms with van der Waals surface area (Å²) in [6, 6.07) is 57.7. The summed E-state index contributed by atoms with van der Waals surface area (Å²) in [6.07, 6.45) is 2.80. The van der Waals surface area contributed by atoms with Crippen molar-refractivity contribution in [2.45, 2.75) is 26.2 Å². The van der Waals surface area contributed by atoms with Crippen molar-refractivity contribution in [2.75, 3.05) is 16.4 Å². The molecular formula is C42H38N2O2. The normalized spacial score (nSPS) is 10.7. The molecule has 4 heteroatoms. The van der Waals surface area contributed by atoms with Gasteiger partial charge in [0, 0.05) is 41.0 Å². The molecular weight excluding hydrogens is 564 g/mol. The quantitative estimate of drug-likeness (QED) is 0.103. The van der Waals surface area contributed by atoms with Gasteiger partial charge in [-0.05, 0) is 109 Å². The summed E-state index contributed by atoms with van der Waals surface area (Å²) in [7, 11) is 0. The highest BCUT2D eigenvalue weighted by atomic mass is 16.5. The summed E-state index contributed by atoms with van der Waals surface area (Å²) in [5.74, 6) is -0.217. The van der Waals surface area contributed by atoms with Crippen LogP contribution in [0.25, 0.3) is 11.1 Å². The van der Waals surface area contributed by atoms with Crippen molar-refractivity contribution < 1.29 is 9.53 Å². The van der Waals surface area contributed by atoms with Crippen molar-refractivity contribution in [1.82, 2.24) is 0 Å². The number of anilines is 6. The van der Waals surface area contributed by atoms with Gasteiger partial charge >= 0.3 is 5.97 Å². The van der Waals surface area contributed by atoms with Gasteiger partial charge in [-0.1, -0.05) is 91.0 Å². The smallest absolute Gasteiger partial charge is 0.302 e. The number of rotatable bonds is 12. The fourth-order valence-corrected chi connectivity index (χ4v) is 5.69. The van der Waals surface area contributed by atoms with Crippen LogP contribution in [0.4, 0.5) is 34.1 Å². The predicted octanol–water partition coefficient (Wildman–Crippen LogP) is 11.2. The number of hydrogen-bond acceptors (Lipinski definition) is 4. The summed E-state index contributed by atoms with van der Waals surface area (Å²) < 4.78 is 5.07. The maximum absolute atomic E-state index is 11.0. The number of carbonyl (C=O) groups excluding carboxylic acids is 1. The van der Waals surface area contributed by atoms with Gasteiger partial charge in [0.15, 0.2) is 0 Å². The van der Waals surface area contributed by atoms with E-state index in [0.717, 1.165) is 53.4 Å². The van der Waals surface area contributed by atoms with Crippen LogP contribution in [-0.2, 0) is 16.0 Å². The molecule has 0 amide bonds. The second-order valence-electron chi connectivity index (χ2n) is 11.2. The predicted molar refractivity (Wildman–Crippen MR) is 191 cm³/mol. The summed E-state index contributed by atoms with van der Waals surface area (Å²) in [4.78, 5) is 15.6. The third kappa shape index (κ3) is 7.54. The average Bonchev–Trinajstić information content (AvgIpc) is 3.11. The van der Waals surface area contributed by atoms with Crippen molar-refractivity contribution in [3.05, 3.63) is 169 Å². The topological polar surface area (TPSA) is 32.8 Å². The van der Waals surface area contributed by atoms with Gasteiger partial charge in [-0.25, -0.2) is 0 Å². The molecule has 228 valence electrons. The van der Waals surface area contributed by atoms with Crippen LogP contribution in [-0.4, -0.2) is 12.6 Å². The molecule has 4 nitrogen and oxygen atoms in total. The Morgan fingerprint density at radius 1 is 0.457 bits per heavy atom. The first-order valence-corrected chi connectivity index (χ1v) is 15.8. The van der Waals surface area contributed by atoms with Crippen LogP contribution >= 0.6 is 0 Å². The SMILES string of the molecule is CC(=O)OCCCCc1ccc(N(c2ccccc2)c2ccc(-c3ccc(N(c4ccccc4)c4ccccc4)cc3)cc2)cc1. The van der Waals surface area contributed by atoms with Crippen LogP contribution < -0.4 is 9.80 Å². The molecule has 0 aromatic heterocycles. The number of carbonyl (C=O) groups is 1. The molecule has 0 spiro atoms. The van der Waals surface area contributed by atoms with Crippen molar-refractivity contribution in [3.63, 3.8) is 0 Å². The van der Waals surface area contributed by atoms with Gasteiger partial charge in [-0.2, -0.15) is 0 Å². The lowest BCUT2D eigenvalue weighted by atomic mass is 10.0. The van der Waals surface area contributed by atoms with Gasteiger partial charge < -0.3 is 14.5 Å². The van der Waals surface area contributed by atoms with E-state index in [1.807, 2.05) is 18.2 Å². The Labute approximate surface area is 272 Å². The minimum absolute atomic E-state index is 0.217. The van der Waals surface area contributed by atoms with Crippen molar-refractivity contribution in [2.24, 2.45) is 0 Å². The standard InChI is InChI=1S/C42H38N2O2/c1-33(45)46-32-12-11-13-34-20-26-40(27-21-34)44(39-18-9-4-10-19-39)42-30-24-36(25-31-42)35-22-28-41(29-23-35)43(37-14-5-2-6-15-37)38-16-7-3-8-17-38/h2-10,14-31H,11-13,32H2,1H3. The Hall–Kier alpha value is -5.61. The third-order valence-electron chi connectivity index (χ3n) is 7.99. The molecule has 0 unspecified atom stereocenters. The Kier molecular flexibility index (Phi) is 9.86. The van der Waals surface area contributed by atoms with E-state index in [9.17, 15) is 4.79 Å². The molecule has 0 saturated carbocycles. The highest BCUT2D eigenvalue weighted by molar-refractivity contribution is 5.80. The molecule has 0 N–H and O–H groups in total. The van der Waals surface area contributed by atoms with Crippen LogP contribution in [0.2, 0.25) is 0 Å². The number of aryl methyl sites for hydroxylation is 1. The fraction of sp³-hybridized carbons (Fsp3) is 0.119. The van der Waals surface area contributed by atoms with Crippen LogP contribution in [0.3, 0.4) is 0 Å². The van der Waals surface area contributed by atoms with Gasteiger partial charge in [-0.3, -0.25) is 4.79 Å². The molecule has 0 radical (unpaired) electrons. The fourth-order valence-electron chi connectivity index (χ4n) is 5.69. The lowest BCUT2D eigenvalue weighted by Gasteiger charge is -2.26. The maximum atomic E-state index is 11.0. The number of para-hydroxylation sites is 3. The first-order chi connectivity index (χ1) is 22.7. The molecule has 6 aromatic carbocycles. The van der Waals surface area contributed by atoms with E-state index in [0.29, 0.717) is 6.61 Å². The van der Waals surface area contributed by atoms with Gasteiger partial charge in [0.05, 0.1) is 6.61 Å². The first-order valence-electron chi connectivity index (χ1n) is 15.8. The van der Waals surface area contributed by atoms with Gasteiger partial charge in [0.25, 0.3) is 0 Å². The lowest BCUT2D eigenvalue weighted by molar-refractivity contribution is -0.141. The summed E-state index contributed by atoms with van der Waals surface area (Å²) in [5.41, 5.74) is 10.3. The molecule has 0 aliphatic rings. The highest BCUT2D eigenvalue weighted by Gasteiger charge is 2.14. The minimum Gasteiger partial charge on any atom is -0.466 e. The Morgan fingerprint density at radius 3 is 1.17 bits per heavy atom. The molecule has 0 fully saturated rings. The molecule has 6 aromatic rings. The van der Waals surface area contributed by atoms with Gasteiger partial charge in [0.2, 0.25) is 0 Å². The zero-order valence-corrected chi connectivity index (χ0v) is 26.1. The number of benzene rings is 6. The number of hydrogen-bond donors (Lipinski definition) is 0. The second-order valence-corrected chi connectivity index (χ2v) is 11.2. The van der Waals surface area contributed by atoms with Gasteiger partial charge in [-0.15, -0.1) is 0 Å². The van der Waals surface area contributed by atoms with E-state index in [4.69, 9.17) is 4.74 Å². The highest BCUT2D eigenvalue weighted by Crippen LogP contribution is 2.37. The van der Waals surface area contributed by atoms with E-state index in [1.165, 1.54) is 23.6 Å². The zero-order valence-electron chi connectivity index (χ0n) is 26.1. The van der Waals surface area contributed by atoms with Crippen molar-refractivity contribution in [1.29, 1.82) is 0 Å². The maximum Gasteiger partial charge on any atom is 0.302 e. The largest absolute Gasteiger partial charge is 0.466 e. The van der Waals surface area contributed by atoms with E-state index < -0.39 is 0 Å². The Bertz CT molecular complexity index is 1760. The molecule has 0 aliphatic carbocycles. The zero-order chi connectivity index (χ0) is 31.6. The monoisotopic (exact) mass is 602 g/mol. The number of esters is 1. The molecule has 0 atom stereocenters. The summed E-state index contributed by atoms with van der Waals surface area (Å²) in [5, 5.41) is 0. The van der Waals surface area contributed by atoms with Crippen LogP contribution in [0.15, 0.2) is 164 Å². The van der Waals surface area contributed by atoms with Crippen LogP contribution in [0.1, 0.15) is 25.3 Å². The van der Waals surface area contributed by atoms with Crippen molar-refractivity contribution >= 4 is 40.1 Å². The first kappa shape index (κ1) is 30.4. The Morgan fingerprint density at radius 2 is 0.804 bits per heavy atom. The molecule has 46 heavy (non-hydrogen) atoms.